The number of aromatic nitrogens is 3. The molecule has 0 bridgehead atoms. The summed E-state index contributed by atoms with van der Waals surface area (Å²) in [4.78, 5) is 15.2. The number of hydrogen-bond donors (Lipinski definition) is 2. The minimum atomic E-state index is -1.18. The van der Waals surface area contributed by atoms with Crippen molar-refractivity contribution in [2.24, 2.45) is 5.41 Å². The van der Waals surface area contributed by atoms with E-state index >= 15 is 0 Å². The van der Waals surface area contributed by atoms with Crippen molar-refractivity contribution in [1.82, 2.24) is 19.9 Å². The van der Waals surface area contributed by atoms with Gasteiger partial charge in [-0.05, 0) is 61.6 Å². The standard InChI is InChI=1S/C28H36N4O2/c1-20(2)22-7-9-23(10-8-22)28(34,26(3)18-32(5)19-26)24-15-21(16-29-17-24)11-12-27(4,33)25-30-13-6-14-31-25/h6-10,13-17,20,33-34H,11-12,18-19H2,1-5H3. The van der Waals surface area contributed by atoms with Crippen LogP contribution >= 0.6 is 0 Å². The smallest absolute Gasteiger partial charge is 0.159 e. The van der Waals surface area contributed by atoms with Crippen LogP contribution in [0.4, 0.5) is 0 Å². The lowest BCUT2D eigenvalue weighted by Gasteiger charge is -2.56. The van der Waals surface area contributed by atoms with E-state index in [0.29, 0.717) is 24.6 Å². The summed E-state index contributed by atoms with van der Waals surface area (Å²) in [5, 5.41) is 23.3. The average molecular weight is 461 g/mol. The first kappa shape index (κ1) is 24.5. The van der Waals surface area contributed by atoms with Crippen LogP contribution in [0.25, 0.3) is 0 Å². The van der Waals surface area contributed by atoms with Crippen molar-refractivity contribution < 1.29 is 10.2 Å². The van der Waals surface area contributed by atoms with Gasteiger partial charge in [0.2, 0.25) is 0 Å². The van der Waals surface area contributed by atoms with E-state index in [1.807, 2.05) is 12.3 Å². The Kier molecular flexibility index (Phi) is 6.60. The summed E-state index contributed by atoms with van der Waals surface area (Å²) >= 11 is 0. The molecule has 34 heavy (non-hydrogen) atoms. The number of aliphatic hydroxyl groups is 2. The van der Waals surface area contributed by atoms with Gasteiger partial charge in [0, 0.05) is 48.9 Å². The van der Waals surface area contributed by atoms with Crippen molar-refractivity contribution in [3.63, 3.8) is 0 Å². The molecule has 4 rings (SSSR count). The molecule has 6 nitrogen and oxygen atoms in total. The predicted molar refractivity (Wildman–Crippen MR) is 133 cm³/mol. The number of aryl methyl sites for hydroxylation is 1. The highest BCUT2D eigenvalue weighted by atomic mass is 16.3. The molecule has 3 aromatic rings. The van der Waals surface area contributed by atoms with E-state index in [1.165, 1.54) is 5.56 Å². The molecule has 0 saturated carbocycles. The zero-order valence-electron chi connectivity index (χ0n) is 20.9. The Morgan fingerprint density at radius 2 is 1.68 bits per heavy atom. The second-order valence-corrected chi connectivity index (χ2v) is 10.6. The van der Waals surface area contributed by atoms with E-state index in [2.05, 4.69) is 71.9 Å². The molecule has 1 aromatic carbocycles. The van der Waals surface area contributed by atoms with Gasteiger partial charge in [0.25, 0.3) is 0 Å². The van der Waals surface area contributed by atoms with E-state index < -0.39 is 11.2 Å². The molecular weight excluding hydrogens is 424 g/mol. The molecule has 0 aliphatic carbocycles. The first-order valence-electron chi connectivity index (χ1n) is 12.0. The van der Waals surface area contributed by atoms with Crippen LogP contribution in [0.2, 0.25) is 0 Å². The summed E-state index contributed by atoms with van der Waals surface area (Å²) in [7, 11) is 2.08. The molecule has 6 heteroatoms. The van der Waals surface area contributed by atoms with Gasteiger partial charge in [-0.2, -0.15) is 0 Å². The lowest BCUT2D eigenvalue weighted by Crippen LogP contribution is -2.63. The van der Waals surface area contributed by atoms with Gasteiger partial charge in [-0.25, -0.2) is 9.97 Å². The second-order valence-electron chi connectivity index (χ2n) is 10.6. The average Bonchev–Trinajstić information content (AvgIpc) is 2.82. The van der Waals surface area contributed by atoms with Gasteiger partial charge in [0.1, 0.15) is 11.2 Å². The summed E-state index contributed by atoms with van der Waals surface area (Å²) < 4.78 is 0. The third-order valence-corrected chi connectivity index (χ3v) is 7.27. The topological polar surface area (TPSA) is 82.4 Å². The highest BCUT2D eigenvalue weighted by Crippen LogP contribution is 2.50. The van der Waals surface area contributed by atoms with Gasteiger partial charge in [-0.1, -0.05) is 45.0 Å². The molecule has 180 valence electrons. The van der Waals surface area contributed by atoms with E-state index in [9.17, 15) is 10.2 Å². The van der Waals surface area contributed by atoms with Crippen molar-refractivity contribution in [3.8, 4) is 0 Å². The highest BCUT2D eigenvalue weighted by molar-refractivity contribution is 5.42. The number of hydrogen-bond acceptors (Lipinski definition) is 6. The van der Waals surface area contributed by atoms with Crippen molar-refractivity contribution in [2.75, 3.05) is 20.1 Å². The summed E-state index contributed by atoms with van der Waals surface area (Å²) in [6, 6.07) is 12.1. The second kappa shape index (κ2) is 9.17. The SMILES string of the molecule is CC(C)c1ccc(C(O)(c2cncc(CCC(C)(O)c3ncccn3)c2)C2(C)CN(C)C2)cc1. The molecule has 0 spiro atoms. The molecule has 2 aromatic heterocycles. The van der Waals surface area contributed by atoms with Gasteiger partial charge < -0.3 is 15.1 Å². The maximum Gasteiger partial charge on any atom is 0.159 e. The summed E-state index contributed by atoms with van der Waals surface area (Å²) in [5.41, 5.74) is 1.21. The molecule has 0 amide bonds. The normalized spacial score (nSPS) is 19.3. The third-order valence-electron chi connectivity index (χ3n) is 7.27. The molecule has 1 fully saturated rings. The van der Waals surface area contributed by atoms with Crippen molar-refractivity contribution in [3.05, 3.63) is 89.3 Å². The fourth-order valence-corrected chi connectivity index (χ4v) is 5.25. The van der Waals surface area contributed by atoms with Crippen LogP contribution in [0.15, 0.2) is 61.2 Å². The molecule has 1 saturated heterocycles. The monoisotopic (exact) mass is 460 g/mol. The van der Waals surface area contributed by atoms with Crippen LogP contribution in [0.1, 0.15) is 68.1 Å². The minimum Gasteiger partial charge on any atom is -0.382 e. The Balaban J connectivity index is 1.66. The molecule has 3 heterocycles. The van der Waals surface area contributed by atoms with Gasteiger partial charge >= 0.3 is 0 Å². The Morgan fingerprint density at radius 1 is 1.03 bits per heavy atom. The summed E-state index contributed by atoms with van der Waals surface area (Å²) in [6.45, 7) is 9.81. The Morgan fingerprint density at radius 3 is 2.26 bits per heavy atom. The van der Waals surface area contributed by atoms with Crippen LogP contribution in [0.3, 0.4) is 0 Å². The fourth-order valence-electron chi connectivity index (χ4n) is 5.25. The molecule has 2 N–H and O–H groups in total. The molecule has 1 aliphatic rings. The molecule has 1 aliphatic heterocycles. The predicted octanol–water partition coefficient (Wildman–Crippen LogP) is 4.02. The maximum absolute atomic E-state index is 12.4. The molecule has 2 unspecified atom stereocenters. The number of pyridine rings is 1. The van der Waals surface area contributed by atoms with Crippen molar-refractivity contribution in [2.45, 2.75) is 57.7 Å². The summed E-state index contributed by atoms with van der Waals surface area (Å²) in [5.74, 6) is 0.838. The van der Waals surface area contributed by atoms with E-state index in [1.54, 1.807) is 31.6 Å². The number of benzene rings is 1. The Bertz CT molecular complexity index is 1110. The lowest BCUT2D eigenvalue weighted by molar-refractivity contribution is -0.127. The number of likely N-dealkylation sites (tertiary alicyclic amines) is 1. The molecule has 0 radical (unpaired) electrons. The van der Waals surface area contributed by atoms with E-state index in [-0.39, 0.29) is 5.41 Å². The van der Waals surface area contributed by atoms with Gasteiger partial charge in [-0.15, -0.1) is 0 Å². The maximum atomic E-state index is 12.4. The summed E-state index contributed by atoms with van der Waals surface area (Å²) in [6.07, 6.45) is 7.90. The third kappa shape index (κ3) is 4.50. The first-order chi connectivity index (χ1) is 16.0. The van der Waals surface area contributed by atoms with Crippen molar-refractivity contribution in [1.29, 1.82) is 0 Å². The minimum absolute atomic E-state index is 0.342. The zero-order valence-corrected chi connectivity index (χ0v) is 20.9. The quantitative estimate of drug-likeness (QED) is 0.528. The Labute approximate surface area is 202 Å². The number of rotatable bonds is 8. The van der Waals surface area contributed by atoms with E-state index in [0.717, 1.165) is 29.8 Å². The van der Waals surface area contributed by atoms with Gasteiger partial charge in [0.05, 0.1) is 0 Å². The Hall–Kier alpha value is -2.67. The number of nitrogens with zero attached hydrogens (tertiary/aromatic N) is 4. The van der Waals surface area contributed by atoms with Gasteiger partial charge in [0.15, 0.2) is 5.82 Å². The molecule has 2 atom stereocenters. The van der Waals surface area contributed by atoms with Crippen LogP contribution < -0.4 is 0 Å². The fraction of sp³-hybridized carbons (Fsp3) is 0.464. The molecular formula is C28H36N4O2. The zero-order chi connectivity index (χ0) is 24.6. The van der Waals surface area contributed by atoms with Crippen LogP contribution in [-0.4, -0.2) is 50.2 Å². The lowest BCUT2D eigenvalue weighted by atomic mass is 9.62. The van der Waals surface area contributed by atoms with E-state index in [4.69, 9.17) is 0 Å². The van der Waals surface area contributed by atoms with Crippen LogP contribution in [0, 0.1) is 5.41 Å². The highest BCUT2D eigenvalue weighted by Gasteiger charge is 2.55. The van der Waals surface area contributed by atoms with Crippen molar-refractivity contribution >= 4 is 0 Å². The van der Waals surface area contributed by atoms with Crippen LogP contribution in [0.5, 0.6) is 0 Å². The van der Waals surface area contributed by atoms with Crippen LogP contribution in [-0.2, 0) is 17.6 Å². The first-order valence-corrected chi connectivity index (χ1v) is 12.0. The van der Waals surface area contributed by atoms with Gasteiger partial charge in [-0.3, -0.25) is 4.98 Å². The largest absolute Gasteiger partial charge is 0.382 e.